The number of hydrogen-bond donors (Lipinski definition) is 1. The molecule has 0 bridgehead atoms. The number of aliphatic carboxylic acids is 1. The second kappa shape index (κ2) is 8.96. The highest BCUT2D eigenvalue weighted by Gasteiger charge is 2.49. The molecule has 1 saturated heterocycles. The SMILES string of the molecule is C[C@]1(C(=O)O)CC(=Cc2ccccc2)CC[C@@H]1C(=O)N1CCN(c2ccccc2)CC1. The predicted molar refractivity (Wildman–Crippen MR) is 123 cm³/mol. The van der Waals surface area contributed by atoms with E-state index >= 15 is 0 Å². The Morgan fingerprint density at radius 3 is 2.19 bits per heavy atom. The van der Waals surface area contributed by atoms with E-state index in [-0.39, 0.29) is 5.91 Å². The number of carbonyl (C=O) groups is 2. The molecule has 2 aromatic carbocycles. The number of hydrogen-bond acceptors (Lipinski definition) is 3. The number of rotatable bonds is 4. The van der Waals surface area contributed by atoms with E-state index in [0.717, 1.165) is 30.6 Å². The van der Waals surface area contributed by atoms with Crippen molar-refractivity contribution >= 4 is 23.6 Å². The van der Waals surface area contributed by atoms with Crippen LogP contribution >= 0.6 is 0 Å². The van der Waals surface area contributed by atoms with E-state index < -0.39 is 17.3 Å². The van der Waals surface area contributed by atoms with Gasteiger partial charge in [0.2, 0.25) is 5.91 Å². The van der Waals surface area contributed by atoms with Crippen molar-refractivity contribution in [1.29, 1.82) is 0 Å². The predicted octanol–water partition coefficient (Wildman–Crippen LogP) is 4.31. The Morgan fingerprint density at radius 1 is 0.968 bits per heavy atom. The Hall–Kier alpha value is -3.08. The molecule has 4 rings (SSSR count). The number of piperazine rings is 1. The summed E-state index contributed by atoms with van der Waals surface area (Å²) in [6.07, 6.45) is 3.84. The molecule has 5 heteroatoms. The third kappa shape index (κ3) is 4.50. The topological polar surface area (TPSA) is 60.9 Å². The van der Waals surface area contributed by atoms with E-state index in [2.05, 4.69) is 23.1 Å². The lowest BCUT2D eigenvalue weighted by molar-refractivity contribution is -0.160. The van der Waals surface area contributed by atoms with Crippen molar-refractivity contribution in [3.8, 4) is 0 Å². The van der Waals surface area contributed by atoms with Crippen LogP contribution in [0, 0.1) is 11.3 Å². The molecule has 1 aliphatic heterocycles. The van der Waals surface area contributed by atoms with E-state index in [4.69, 9.17) is 0 Å². The summed E-state index contributed by atoms with van der Waals surface area (Å²) in [7, 11) is 0. The third-order valence-corrected chi connectivity index (χ3v) is 6.79. The zero-order valence-corrected chi connectivity index (χ0v) is 18.0. The molecule has 2 atom stereocenters. The van der Waals surface area contributed by atoms with Gasteiger partial charge in [0, 0.05) is 31.9 Å². The van der Waals surface area contributed by atoms with Crippen LogP contribution < -0.4 is 4.90 Å². The van der Waals surface area contributed by atoms with Gasteiger partial charge in [-0.25, -0.2) is 0 Å². The lowest BCUT2D eigenvalue weighted by Gasteiger charge is -2.43. The van der Waals surface area contributed by atoms with Gasteiger partial charge in [0.05, 0.1) is 11.3 Å². The summed E-state index contributed by atoms with van der Waals surface area (Å²) in [5.41, 5.74) is 2.27. The largest absolute Gasteiger partial charge is 0.481 e. The van der Waals surface area contributed by atoms with Crippen LogP contribution in [0.15, 0.2) is 66.2 Å². The molecule has 2 fully saturated rings. The van der Waals surface area contributed by atoms with Crippen LogP contribution in [0.4, 0.5) is 5.69 Å². The number of benzene rings is 2. The summed E-state index contributed by atoms with van der Waals surface area (Å²) in [4.78, 5) is 29.9. The number of carbonyl (C=O) groups excluding carboxylic acids is 1. The fourth-order valence-electron chi connectivity index (χ4n) is 4.90. The summed E-state index contributed by atoms with van der Waals surface area (Å²) in [5.74, 6) is -1.37. The highest BCUT2D eigenvalue weighted by atomic mass is 16.4. The van der Waals surface area contributed by atoms with Crippen LogP contribution in [0.2, 0.25) is 0 Å². The van der Waals surface area contributed by atoms with E-state index in [1.807, 2.05) is 53.4 Å². The van der Waals surface area contributed by atoms with Gasteiger partial charge in [0.15, 0.2) is 0 Å². The standard InChI is InChI=1S/C26H30N2O3/c1-26(25(30)31)19-21(18-20-8-4-2-5-9-20)12-13-23(26)24(29)28-16-14-27(15-17-28)22-10-6-3-7-11-22/h2-11,18,23H,12-17,19H2,1H3,(H,30,31)/t23-,26+/m1/s1. The number of nitrogens with zero attached hydrogens (tertiary/aromatic N) is 2. The maximum atomic E-state index is 13.4. The maximum Gasteiger partial charge on any atom is 0.310 e. The van der Waals surface area contributed by atoms with Crippen molar-refractivity contribution in [1.82, 2.24) is 4.90 Å². The summed E-state index contributed by atoms with van der Waals surface area (Å²) in [6, 6.07) is 20.2. The number of carboxylic acid groups (broad SMARTS) is 1. The van der Waals surface area contributed by atoms with Crippen molar-refractivity contribution < 1.29 is 14.7 Å². The molecular weight excluding hydrogens is 388 g/mol. The van der Waals surface area contributed by atoms with E-state index in [1.54, 1.807) is 6.92 Å². The minimum absolute atomic E-state index is 0.00336. The molecule has 0 aromatic heterocycles. The molecule has 0 unspecified atom stereocenters. The van der Waals surface area contributed by atoms with Crippen molar-refractivity contribution in [3.05, 3.63) is 71.8 Å². The average Bonchev–Trinajstić information content (AvgIpc) is 2.80. The fraction of sp³-hybridized carbons (Fsp3) is 0.385. The van der Waals surface area contributed by atoms with E-state index in [1.165, 1.54) is 5.69 Å². The van der Waals surface area contributed by atoms with Crippen LogP contribution in [-0.2, 0) is 9.59 Å². The molecule has 0 spiro atoms. The zero-order chi connectivity index (χ0) is 21.8. The molecule has 1 aliphatic carbocycles. The lowest BCUT2D eigenvalue weighted by atomic mass is 9.65. The van der Waals surface area contributed by atoms with Gasteiger partial charge in [-0.1, -0.05) is 60.2 Å². The van der Waals surface area contributed by atoms with Gasteiger partial charge in [-0.3, -0.25) is 9.59 Å². The van der Waals surface area contributed by atoms with Gasteiger partial charge in [-0.05, 0) is 43.9 Å². The zero-order valence-electron chi connectivity index (χ0n) is 18.0. The first-order valence-corrected chi connectivity index (χ1v) is 11.0. The molecule has 0 radical (unpaired) electrons. The highest BCUT2D eigenvalue weighted by Crippen LogP contribution is 2.45. The van der Waals surface area contributed by atoms with Crippen LogP contribution in [0.1, 0.15) is 31.7 Å². The van der Waals surface area contributed by atoms with Crippen molar-refractivity contribution in [2.45, 2.75) is 26.2 Å². The Bertz CT molecular complexity index is 949. The molecule has 1 N–H and O–H groups in total. The number of allylic oxidation sites excluding steroid dienone is 1. The first-order chi connectivity index (χ1) is 15.0. The first-order valence-electron chi connectivity index (χ1n) is 11.0. The maximum absolute atomic E-state index is 13.4. The minimum Gasteiger partial charge on any atom is -0.481 e. The van der Waals surface area contributed by atoms with E-state index in [9.17, 15) is 14.7 Å². The molecule has 1 saturated carbocycles. The summed E-state index contributed by atoms with van der Waals surface area (Å²) >= 11 is 0. The summed E-state index contributed by atoms with van der Waals surface area (Å²) in [6.45, 7) is 4.55. The van der Waals surface area contributed by atoms with Gasteiger partial charge >= 0.3 is 5.97 Å². The van der Waals surface area contributed by atoms with Crippen LogP contribution in [0.5, 0.6) is 0 Å². The normalized spacial score (nSPS) is 25.5. The fourth-order valence-corrected chi connectivity index (χ4v) is 4.90. The lowest BCUT2D eigenvalue weighted by Crippen LogP contribution is -2.54. The van der Waals surface area contributed by atoms with Crippen molar-refractivity contribution in [2.24, 2.45) is 11.3 Å². The van der Waals surface area contributed by atoms with E-state index in [0.29, 0.717) is 25.9 Å². The minimum atomic E-state index is -1.08. The average molecular weight is 419 g/mol. The molecule has 162 valence electrons. The summed E-state index contributed by atoms with van der Waals surface area (Å²) < 4.78 is 0. The van der Waals surface area contributed by atoms with Gasteiger partial charge in [0.1, 0.15) is 0 Å². The molecule has 5 nitrogen and oxygen atoms in total. The second-order valence-corrected chi connectivity index (χ2v) is 8.85. The Balaban J connectivity index is 1.45. The van der Waals surface area contributed by atoms with Gasteiger partial charge in [-0.2, -0.15) is 0 Å². The van der Waals surface area contributed by atoms with Crippen LogP contribution in [-0.4, -0.2) is 48.1 Å². The molecule has 31 heavy (non-hydrogen) atoms. The smallest absolute Gasteiger partial charge is 0.310 e. The molecule has 2 aromatic rings. The Kier molecular flexibility index (Phi) is 6.12. The Labute approximate surface area is 184 Å². The monoisotopic (exact) mass is 418 g/mol. The quantitative estimate of drug-likeness (QED) is 0.804. The van der Waals surface area contributed by atoms with Gasteiger partial charge < -0.3 is 14.9 Å². The molecule has 1 amide bonds. The first kappa shape index (κ1) is 21.2. The Morgan fingerprint density at radius 2 is 1.58 bits per heavy atom. The number of para-hydroxylation sites is 1. The molecule has 1 heterocycles. The van der Waals surface area contributed by atoms with Crippen molar-refractivity contribution in [2.75, 3.05) is 31.1 Å². The molecular formula is C26H30N2O3. The van der Waals surface area contributed by atoms with Gasteiger partial charge in [0.25, 0.3) is 0 Å². The van der Waals surface area contributed by atoms with Gasteiger partial charge in [-0.15, -0.1) is 0 Å². The van der Waals surface area contributed by atoms with Crippen LogP contribution in [0.25, 0.3) is 6.08 Å². The highest BCUT2D eigenvalue weighted by molar-refractivity contribution is 5.88. The van der Waals surface area contributed by atoms with Crippen LogP contribution in [0.3, 0.4) is 0 Å². The second-order valence-electron chi connectivity index (χ2n) is 8.85. The number of anilines is 1. The third-order valence-electron chi connectivity index (χ3n) is 6.79. The van der Waals surface area contributed by atoms with Crippen molar-refractivity contribution in [3.63, 3.8) is 0 Å². The number of amides is 1. The molecule has 2 aliphatic rings. The number of carboxylic acids is 1. The summed E-state index contributed by atoms with van der Waals surface area (Å²) in [5, 5.41) is 10.1.